The second-order valence-corrected chi connectivity index (χ2v) is 5.74. The predicted molar refractivity (Wildman–Crippen MR) is 78.0 cm³/mol. The van der Waals surface area contributed by atoms with Crippen molar-refractivity contribution in [2.45, 2.75) is 26.3 Å². The molecule has 1 aliphatic rings. The molecule has 3 atom stereocenters. The molecule has 4 nitrogen and oxygen atoms in total. The highest BCUT2D eigenvalue weighted by Crippen LogP contribution is 2.27. The minimum atomic E-state index is -0.676. The number of aliphatic carboxylic acids is 1. The number of ether oxygens (including phenoxy) is 1. The van der Waals surface area contributed by atoms with Crippen molar-refractivity contribution in [2.24, 2.45) is 11.8 Å². The van der Waals surface area contributed by atoms with E-state index in [4.69, 9.17) is 4.74 Å². The van der Waals surface area contributed by atoms with Crippen molar-refractivity contribution in [1.29, 1.82) is 0 Å². The number of hydrogen-bond acceptors (Lipinski definition) is 3. The Labute approximate surface area is 120 Å². The van der Waals surface area contributed by atoms with Gasteiger partial charge < -0.3 is 9.84 Å². The average Bonchev–Trinajstić information content (AvgIpc) is 2.81. The Bertz CT molecular complexity index is 475. The van der Waals surface area contributed by atoms with Crippen LogP contribution in [0.15, 0.2) is 24.3 Å². The lowest BCUT2D eigenvalue weighted by molar-refractivity contribution is -0.142. The summed E-state index contributed by atoms with van der Waals surface area (Å²) in [7, 11) is 1.68. The van der Waals surface area contributed by atoms with Crippen LogP contribution in [-0.2, 0) is 11.2 Å². The Balaban J connectivity index is 2.02. The summed E-state index contributed by atoms with van der Waals surface area (Å²) in [5.41, 5.74) is 1.17. The summed E-state index contributed by atoms with van der Waals surface area (Å²) in [6, 6.07) is 8.33. The summed E-state index contributed by atoms with van der Waals surface area (Å²) in [4.78, 5) is 13.5. The molecule has 20 heavy (non-hydrogen) atoms. The first-order valence-corrected chi connectivity index (χ1v) is 7.11. The van der Waals surface area contributed by atoms with Crippen LogP contribution in [0.4, 0.5) is 0 Å². The van der Waals surface area contributed by atoms with Crippen molar-refractivity contribution in [2.75, 3.05) is 20.2 Å². The molecule has 3 unspecified atom stereocenters. The van der Waals surface area contributed by atoms with Crippen molar-refractivity contribution in [3.05, 3.63) is 29.8 Å². The van der Waals surface area contributed by atoms with Gasteiger partial charge in [-0.3, -0.25) is 9.69 Å². The van der Waals surface area contributed by atoms with Gasteiger partial charge in [-0.2, -0.15) is 0 Å². The van der Waals surface area contributed by atoms with E-state index in [1.165, 1.54) is 5.56 Å². The molecule has 1 saturated heterocycles. The summed E-state index contributed by atoms with van der Waals surface area (Å²) < 4.78 is 5.38. The maximum absolute atomic E-state index is 11.2. The molecular formula is C16H23NO3. The number of para-hydroxylation sites is 1. The van der Waals surface area contributed by atoms with Crippen molar-refractivity contribution >= 4 is 5.97 Å². The van der Waals surface area contributed by atoms with Gasteiger partial charge in [-0.25, -0.2) is 0 Å². The molecule has 0 aliphatic carbocycles. The zero-order valence-corrected chi connectivity index (χ0v) is 12.4. The van der Waals surface area contributed by atoms with Gasteiger partial charge in [0.1, 0.15) is 5.75 Å². The molecule has 0 spiro atoms. The van der Waals surface area contributed by atoms with E-state index in [1.54, 1.807) is 7.11 Å². The normalized spacial score (nSPS) is 24.6. The van der Waals surface area contributed by atoms with Gasteiger partial charge in [-0.15, -0.1) is 0 Å². The summed E-state index contributed by atoms with van der Waals surface area (Å²) in [5.74, 6) is 0.202. The number of rotatable bonds is 5. The summed E-state index contributed by atoms with van der Waals surface area (Å²) in [5, 5.41) is 9.21. The number of benzene rings is 1. The molecule has 1 heterocycles. The molecule has 1 aromatic carbocycles. The lowest BCUT2D eigenvalue weighted by Gasteiger charge is -2.25. The minimum absolute atomic E-state index is 0.215. The van der Waals surface area contributed by atoms with Gasteiger partial charge in [0.15, 0.2) is 0 Å². The minimum Gasteiger partial charge on any atom is -0.496 e. The largest absolute Gasteiger partial charge is 0.496 e. The van der Waals surface area contributed by atoms with E-state index in [1.807, 2.05) is 25.1 Å². The number of carboxylic acid groups (broad SMARTS) is 1. The van der Waals surface area contributed by atoms with Crippen LogP contribution < -0.4 is 4.74 Å². The van der Waals surface area contributed by atoms with Crippen LogP contribution in [0.2, 0.25) is 0 Å². The number of hydrogen-bond donors (Lipinski definition) is 1. The SMILES string of the molecule is COc1ccccc1CC(C)N1CC(C)C(C(=O)O)C1. The van der Waals surface area contributed by atoms with E-state index >= 15 is 0 Å². The third-order valence-corrected chi connectivity index (χ3v) is 4.29. The van der Waals surface area contributed by atoms with Crippen LogP contribution in [0.3, 0.4) is 0 Å². The van der Waals surface area contributed by atoms with E-state index in [0.29, 0.717) is 12.6 Å². The Morgan fingerprint density at radius 2 is 2.15 bits per heavy atom. The quantitative estimate of drug-likeness (QED) is 0.897. The molecule has 110 valence electrons. The van der Waals surface area contributed by atoms with Crippen molar-refractivity contribution in [3.8, 4) is 5.75 Å². The molecule has 1 fully saturated rings. The first-order valence-electron chi connectivity index (χ1n) is 7.11. The zero-order valence-electron chi connectivity index (χ0n) is 12.4. The van der Waals surface area contributed by atoms with Gasteiger partial charge in [0.2, 0.25) is 0 Å². The standard InChI is InChI=1S/C16H23NO3/c1-11-9-17(10-14(11)16(18)19)12(2)8-13-6-4-5-7-15(13)20-3/h4-7,11-12,14H,8-10H2,1-3H3,(H,18,19). The topological polar surface area (TPSA) is 49.8 Å². The fourth-order valence-electron chi connectivity index (χ4n) is 3.00. The molecule has 0 amide bonds. The maximum atomic E-state index is 11.2. The fourth-order valence-corrected chi connectivity index (χ4v) is 3.00. The van der Waals surface area contributed by atoms with Gasteiger partial charge >= 0.3 is 5.97 Å². The van der Waals surface area contributed by atoms with Crippen LogP contribution in [0.5, 0.6) is 5.75 Å². The molecular weight excluding hydrogens is 254 g/mol. The van der Waals surface area contributed by atoms with Gasteiger partial charge in [0.25, 0.3) is 0 Å². The second kappa shape index (κ2) is 6.27. The van der Waals surface area contributed by atoms with Crippen molar-refractivity contribution in [3.63, 3.8) is 0 Å². The van der Waals surface area contributed by atoms with Crippen LogP contribution in [0.1, 0.15) is 19.4 Å². The van der Waals surface area contributed by atoms with Crippen LogP contribution >= 0.6 is 0 Å². The molecule has 2 rings (SSSR count). The summed E-state index contributed by atoms with van der Waals surface area (Å²) in [6.07, 6.45) is 0.878. The first-order chi connectivity index (χ1) is 9.52. The molecule has 1 aliphatic heterocycles. The Morgan fingerprint density at radius 1 is 1.45 bits per heavy atom. The fraction of sp³-hybridized carbons (Fsp3) is 0.562. The second-order valence-electron chi connectivity index (χ2n) is 5.74. The smallest absolute Gasteiger partial charge is 0.308 e. The van der Waals surface area contributed by atoms with E-state index in [9.17, 15) is 9.90 Å². The summed E-state index contributed by atoms with van der Waals surface area (Å²) >= 11 is 0. The Kier molecular flexibility index (Phi) is 4.65. The number of likely N-dealkylation sites (tertiary alicyclic amines) is 1. The van der Waals surface area contributed by atoms with Gasteiger partial charge in [-0.1, -0.05) is 25.1 Å². The highest BCUT2D eigenvalue weighted by atomic mass is 16.5. The summed E-state index contributed by atoms with van der Waals surface area (Å²) in [6.45, 7) is 5.68. The predicted octanol–water partition coefficient (Wildman–Crippen LogP) is 2.28. The Hall–Kier alpha value is -1.55. The van der Waals surface area contributed by atoms with Crippen LogP contribution in [0.25, 0.3) is 0 Å². The molecule has 1 aromatic rings. The Morgan fingerprint density at radius 3 is 2.75 bits per heavy atom. The average molecular weight is 277 g/mol. The third-order valence-electron chi connectivity index (χ3n) is 4.29. The molecule has 1 N–H and O–H groups in total. The lowest BCUT2D eigenvalue weighted by atomic mass is 9.99. The van der Waals surface area contributed by atoms with Crippen LogP contribution in [0, 0.1) is 11.8 Å². The molecule has 0 bridgehead atoms. The number of carboxylic acids is 1. The third kappa shape index (κ3) is 3.12. The van der Waals surface area contributed by atoms with E-state index in [-0.39, 0.29) is 11.8 Å². The monoisotopic (exact) mass is 277 g/mol. The first kappa shape index (κ1) is 14.9. The van der Waals surface area contributed by atoms with Gasteiger partial charge in [0, 0.05) is 19.1 Å². The van der Waals surface area contributed by atoms with Crippen molar-refractivity contribution in [1.82, 2.24) is 4.90 Å². The lowest BCUT2D eigenvalue weighted by Crippen LogP contribution is -2.33. The highest BCUT2D eigenvalue weighted by molar-refractivity contribution is 5.71. The van der Waals surface area contributed by atoms with E-state index in [2.05, 4.69) is 17.9 Å². The van der Waals surface area contributed by atoms with Crippen molar-refractivity contribution < 1.29 is 14.6 Å². The number of nitrogens with zero attached hydrogens (tertiary/aromatic N) is 1. The molecule has 0 aromatic heterocycles. The van der Waals surface area contributed by atoms with Gasteiger partial charge in [0.05, 0.1) is 13.0 Å². The zero-order chi connectivity index (χ0) is 14.7. The number of carbonyl (C=O) groups is 1. The molecule has 4 heteroatoms. The van der Waals surface area contributed by atoms with Crippen LogP contribution in [-0.4, -0.2) is 42.2 Å². The van der Waals surface area contributed by atoms with E-state index in [0.717, 1.165) is 18.7 Å². The molecule has 0 saturated carbocycles. The van der Waals surface area contributed by atoms with Gasteiger partial charge in [-0.05, 0) is 30.9 Å². The maximum Gasteiger partial charge on any atom is 0.308 e. The molecule has 0 radical (unpaired) electrons. The van der Waals surface area contributed by atoms with E-state index < -0.39 is 5.97 Å². The number of methoxy groups -OCH3 is 1. The highest BCUT2D eigenvalue weighted by Gasteiger charge is 2.36.